The highest BCUT2D eigenvalue weighted by Gasteiger charge is 2.03. The lowest BCUT2D eigenvalue weighted by molar-refractivity contribution is -0.188. The zero-order chi connectivity index (χ0) is 11.7. The van der Waals surface area contributed by atoms with Crippen molar-refractivity contribution in [2.45, 2.75) is 39.0 Å². The molecule has 0 spiro atoms. The minimum atomic E-state index is -2.64. The topological polar surface area (TPSA) is 101 Å². The maximum atomic E-state index is 9.62. The molecule has 5 nitrogen and oxygen atoms in total. The van der Waals surface area contributed by atoms with Gasteiger partial charge in [-0.15, -0.1) is 4.52 Å². The van der Waals surface area contributed by atoms with E-state index >= 15 is 0 Å². The van der Waals surface area contributed by atoms with Gasteiger partial charge in [-0.2, -0.15) is 0 Å². The van der Waals surface area contributed by atoms with Gasteiger partial charge in [-0.05, 0) is 30.2 Å². The van der Waals surface area contributed by atoms with Crippen molar-refractivity contribution < 1.29 is 19.4 Å². The van der Waals surface area contributed by atoms with Crippen molar-refractivity contribution in [1.82, 2.24) is 0 Å². The fourth-order valence-electron chi connectivity index (χ4n) is 0.444. The third kappa shape index (κ3) is 22.6. The zero-order valence-corrected chi connectivity index (χ0v) is 10.6. The molecule has 14 heavy (non-hydrogen) atoms. The van der Waals surface area contributed by atoms with Gasteiger partial charge in [0.15, 0.2) is 0 Å². The van der Waals surface area contributed by atoms with Crippen LogP contribution in [-0.2, 0) is 9.09 Å². The lowest BCUT2D eigenvalue weighted by Crippen LogP contribution is -2.43. The van der Waals surface area contributed by atoms with Crippen LogP contribution in [0.1, 0.15) is 27.7 Å². The largest absolute Gasteiger partial charge is 0.566 e. The third-order valence-corrected chi connectivity index (χ3v) is 2.01. The fraction of sp³-hybridized carbons (Fsp3) is 0.857. The molecule has 0 bridgehead atoms. The molecule has 0 aliphatic rings. The van der Waals surface area contributed by atoms with Crippen molar-refractivity contribution in [1.29, 1.82) is 0 Å². The maximum absolute atomic E-state index is 9.62. The maximum Gasteiger partial charge on any atom is 0.488 e. The molecule has 1 atom stereocenters. The molecule has 0 rings (SSSR count). The molecular weight excluding hydrogens is 223 g/mol. The molecule has 84 valence electrons. The molecule has 0 aliphatic carbocycles. The standard InChI is InChI=1S/C4H10N2S.C3H7O3P/c1-3(2)7-4(5)6;1-3(2)6-7(4)5/h3H,1-2H3,(H3,5,6);3H,1-2H3/p+1. The van der Waals surface area contributed by atoms with Gasteiger partial charge in [0.2, 0.25) is 0 Å². The zero-order valence-electron chi connectivity index (χ0n) is 8.89. The Labute approximate surface area is 89.9 Å². The summed E-state index contributed by atoms with van der Waals surface area (Å²) in [6, 6.07) is 0. The van der Waals surface area contributed by atoms with Crippen LogP contribution in [0.4, 0.5) is 0 Å². The van der Waals surface area contributed by atoms with Crippen LogP contribution in [0.25, 0.3) is 0 Å². The highest BCUT2D eigenvalue weighted by atomic mass is 32.2. The fourth-order valence-corrected chi connectivity index (χ4v) is 1.33. The van der Waals surface area contributed by atoms with E-state index in [9.17, 15) is 9.46 Å². The highest BCUT2D eigenvalue weighted by molar-refractivity contribution is 8.13. The minimum absolute atomic E-state index is 0.221. The van der Waals surface area contributed by atoms with Crippen LogP contribution in [0.5, 0.6) is 0 Å². The Bertz CT molecular complexity index is 168. The Morgan fingerprint density at radius 3 is 1.93 bits per heavy atom. The van der Waals surface area contributed by atoms with E-state index in [0.717, 1.165) is 0 Å². The summed E-state index contributed by atoms with van der Waals surface area (Å²) in [5, 5.41) is 6.11. The molecule has 0 fully saturated rings. The van der Waals surface area contributed by atoms with Crippen molar-refractivity contribution in [3.8, 4) is 0 Å². The number of rotatable bonds is 3. The Balaban J connectivity index is 0. The monoisotopic (exact) mass is 241 g/mol. The molecule has 0 radical (unpaired) electrons. The summed E-state index contributed by atoms with van der Waals surface area (Å²) < 4.78 is 13.8. The molecule has 0 saturated carbocycles. The number of hydrogen-bond donors (Lipinski definition) is 2. The van der Waals surface area contributed by atoms with Crippen LogP contribution in [0.3, 0.4) is 0 Å². The molecule has 0 amide bonds. The van der Waals surface area contributed by atoms with Gasteiger partial charge in [-0.25, -0.2) is 0 Å². The second-order valence-corrected chi connectivity index (χ2v) is 5.25. The van der Waals surface area contributed by atoms with Crippen LogP contribution in [-0.4, -0.2) is 16.5 Å². The Kier molecular flexibility index (Phi) is 10.9. The van der Waals surface area contributed by atoms with E-state index in [0.29, 0.717) is 10.4 Å². The Morgan fingerprint density at radius 2 is 1.93 bits per heavy atom. The van der Waals surface area contributed by atoms with E-state index < -0.39 is 8.25 Å². The van der Waals surface area contributed by atoms with E-state index in [4.69, 9.17) is 11.1 Å². The molecule has 7 heteroatoms. The van der Waals surface area contributed by atoms with Crippen molar-refractivity contribution in [2.24, 2.45) is 5.73 Å². The molecule has 0 saturated heterocycles. The third-order valence-electron chi connectivity index (χ3n) is 0.669. The summed E-state index contributed by atoms with van der Waals surface area (Å²) in [5.74, 6) is 0. The van der Waals surface area contributed by atoms with Crippen molar-refractivity contribution in [3.63, 3.8) is 0 Å². The van der Waals surface area contributed by atoms with Gasteiger partial charge in [-0.3, -0.25) is 11.1 Å². The van der Waals surface area contributed by atoms with Gasteiger partial charge in [0.1, 0.15) is 6.10 Å². The van der Waals surface area contributed by atoms with Crippen LogP contribution in [0.15, 0.2) is 0 Å². The van der Waals surface area contributed by atoms with Crippen LogP contribution < -0.4 is 16.0 Å². The van der Waals surface area contributed by atoms with Gasteiger partial charge in [0, 0.05) is 5.25 Å². The molecule has 4 N–H and O–H groups in total. The molecule has 1 unspecified atom stereocenters. The molecular formula is C7H18N2O3PS+. The van der Waals surface area contributed by atoms with Crippen LogP contribution in [0.2, 0.25) is 0 Å². The van der Waals surface area contributed by atoms with Crippen LogP contribution in [0, 0.1) is 0 Å². The first-order chi connectivity index (χ1) is 6.25. The number of nitrogens with two attached hydrogens (primary N) is 2. The number of thioether (sulfide) groups is 1. The first kappa shape index (κ1) is 16.3. The average Bonchev–Trinajstić information content (AvgIpc) is 1.79. The molecule has 0 aromatic heterocycles. The van der Waals surface area contributed by atoms with E-state index in [1.165, 1.54) is 11.8 Å². The first-order valence-corrected chi connectivity index (χ1v) is 6.09. The molecule has 0 aromatic rings. The minimum Gasteiger partial charge on any atom is -0.566 e. The van der Waals surface area contributed by atoms with Crippen molar-refractivity contribution in [2.75, 3.05) is 0 Å². The molecule has 0 aliphatic heterocycles. The predicted octanol–water partition coefficient (Wildman–Crippen LogP) is -0.369. The van der Waals surface area contributed by atoms with Gasteiger partial charge in [0.05, 0.1) is 0 Å². The summed E-state index contributed by atoms with van der Waals surface area (Å²) in [6.07, 6.45) is -0.221. The summed E-state index contributed by atoms with van der Waals surface area (Å²) in [6.45, 7) is 7.41. The quantitative estimate of drug-likeness (QED) is 0.399. The SMILES string of the molecule is CC(C)O[P+](=O)[O-].CC(C)SC(N)=[NH2+]. The summed E-state index contributed by atoms with van der Waals surface area (Å²) in [7, 11) is -2.64. The normalized spacial score (nSPS) is 10.9. The van der Waals surface area contributed by atoms with Crippen LogP contribution >= 0.6 is 20.0 Å². The smallest absolute Gasteiger partial charge is 0.488 e. The van der Waals surface area contributed by atoms with E-state index in [1.54, 1.807) is 13.8 Å². The highest BCUT2D eigenvalue weighted by Crippen LogP contribution is 2.11. The molecule has 0 heterocycles. The van der Waals surface area contributed by atoms with E-state index in [2.05, 4.69) is 4.52 Å². The number of amidine groups is 1. The first-order valence-electron chi connectivity index (χ1n) is 4.11. The van der Waals surface area contributed by atoms with E-state index in [1.807, 2.05) is 13.8 Å². The average molecular weight is 241 g/mol. The molecule has 0 aromatic carbocycles. The second kappa shape index (κ2) is 9.40. The van der Waals surface area contributed by atoms with E-state index in [-0.39, 0.29) is 6.10 Å². The lowest BCUT2D eigenvalue weighted by Gasteiger charge is -1.93. The second-order valence-electron chi connectivity index (χ2n) is 2.95. The van der Waals surface area contributed by atoms with Gasteiger partial charge in [0.25, 0.3) is 5.17 Å². The van der Waals surface area contributed by atoms with Crippen molar-refractivity contribution in [3.05, 3.63) is 0 Å². The Hall–Kier alpha value is -0.160. The van der Waals surface area contributed by atoms with Crippen molar-refractivity contribution >= 4 is 25.2 Å². The summed E-state index contributed by atoms with van der Waals surface area (Å²) in [5.41, 5.74) is 5.15. The summed E-state index contributed by atoms with van der Waals surface area (Å²) >= 11 is 1.48. The van der Waals surface area contributed by atoms with Gasteiger partial charge < -0.3 is 4.89 Å². The lowest BCUT2D eigenvalue weighted by atomic mass is 10.5. The number of hydrogen-bond acceptors (Lipinski definition) is 4. The Morgan fingerprint density at radius 1 is 1.50 bits per heavy atom. The predicted molar refractivity (Wildman–Crippen MR) is 57.7 cm³/mol. The van der Waals surface area contributed by atoms with Gasteiger partial charge >= 0.3 is 8.25 Å². The van der Waals surface area contributed by atoms with Gasteiger partial charge in [-0.1, -0.05) is 13.8 Å². The summed E-state index contributed by atoms with van der Waals surface area (Å²) in [4.78, 5) is 9.62.